The summed E-state index contributed by atoms with van der Waals surface area (Å²) in [5.74, 6) is -0.370. The van der Waals surface area contributed by atoms with Crippen LogP contribution in [0.3, 0.4) is 0 Å². The van der Waals surface area contributed by atoms with Crippen molar-refractivity contribution >= 4 is 17.5 Å². The number of anilines is 1. The molecule has 6 nitrogen and oxygen atoms in total. The molecule has 0 radical (unpaired) electrons. The molecule has 2 amide bonds. The Kier molecular flexibility index (Phi) is 5.57. The van der Waals surface area contributed by atoms with Crippen LogP contribution in [0.25, 0.3) is 0 Å². The quantitative estimate of drug-likeness (QED) is 0.627. The van der Waals surface area contributed by atoms with E-state index >= 15 is 0 Å². The number of carbonyl (C=O) groups is 2. The topological polar surface area (TPSA) is 72.9 Å². The standard InChI is InChI=1S/C15H21N3O3/c19-14(16-21)7-4-8-15(20)18-11-9-17(10-12-18)13-5-2-1-3-6-13/h1-3,5-6,21H,4,7-12H2,(H,16,19). The minimum atomic E-state index is -0.448. The number of piperazine rings is 1. The number of carbonyl (C=O) groups excluding carboxylic acids is 2. The maximum atomic E-state index is 12.0. The molecule has 6 heteroatoms. The Morgan fingerprint density at radius 1 is 1.05 bits per heavy atom. The molecule has 1 aliphatic heterocycles. The summed E-state index contributed by atoms with van der Waals surface area (Å²) < 4.78 is 0. The number of nitrogens with zero attached hydrogens (tertiary/aromatic N) is 2. The average molecular weight is 291 g/mol. The van der Waals surface area contributed by atoms with E-state index in [9.17, 15) is 9.59 Å². The van der Waals surface area contributed by atoms with Gasteiger partial charge < -0.3 is 9.80 Å². The Morgan fingerprint density at radius 2 is 1.71 bits per heavy atom. The molecule has 2 N–H and O–H groups in total. The number of nitrogens with one attached hydrogen (secondary N) is 1. The monoisotopic (exact) mass is 291 g/mol. The predicted octanol–water partition coefficient (Wildman–Crippen LogP) is 1.01. The zero-order chi connectivity index (χ0) is 15.1. The third-order valence-electron chi connectivity index (χ3n) is 3.67. The summed E-state index contributed by atoms with van der Waals surface area (Å²) in [7, 11) is 0. The van der Waals surface area contributed by atoms with E-state index in [-0.39, 0.29) is 12.3 Å². The molecule has 0 atom stereocenters. The van der Waals surface area contributed by atoms with Gasteiger partial charge in [-0.1, -0.05) is 18.2 Å². The van der Waals surface area contributed by atoms with Gasteiger partial charge >= 0.3 is 0 Å². The van der Waals surface area contributed by atoms with Crippen LogP contribution in [0.15, 0.2) is 30.3 Å². The van der Waals surface area contributed by atoms with Crippen molar-refractivity contribution in [2.75, 3.05) is 31.1 Å². The zero-order valence-corrected chi connectivity index (χ0v) is 12.0. The second kappa shape index (κ2) is 7.64. The van der Waals surface area contributed by atoms with Crippen LogP contribution in [0.5, 0.6) is 0 Å². The highest BCUT2D eigenvalue weighted by Gasteiger charge is 2.20. The maximum Gasteiger partial charge on any atom is 0.243 e. The van der Waals surface area contributed by atoms with Gasteiger partial charge in [0.05, 0.1) is 0 Å². The smallest absolute Gasteiger partial charge is 0.243 e. The van der Waals surface area contributed by atoms with E-state index in [4.69, 9.17) is 5.21 Å². The van der Waals surface area contributed by atoms with E-state index in [0.717, 1.165) is 13.1 Å². The van der Waals surface area contributed by atoms with Gasteiger partial charge in [0.25, 0.3) is 0 Å². The summed E-state index contributed by atoms with van der Waals surface area (Å²) in [6.45, 7) is 3.07. The van der Waals surface area contributed by atoms with E-state index in [2.05, 4.69) is 17.0 Å². The lowest BCUT2D eigenvalue weighted by Crippen LogP contribution is -2.48. The first-order valence-electron chi connectivity index (χ1n) is 7.21. The summed E-state index contributed by atoms with van der Waals surface area (Å²) in [5.41, 5.74) is 2.76. The second-order valence-electron chi connectivity index (χ2n) is 5.09. The van der Waals surface area contributed by atoms with Crippen LogP contribution >= 0.6 is 0 Å². The number of para-hydroxylation sites is 1. The summed E-state index contributed by atoms with van der Waals surface area (Å²) in [6.07, 6.45) is 0.981. The van der Waals surface area contributed by atoms with Gasteiger partial charge in [0.1, 0.15) is 0 Å². The van der Waals surface area contributed by atoms with Crippen molar-refractivity contribution in [3.05, 3.63) is 30.3 Å². The predicted molar refractivity (Wildman–Crippen MR) is 79.0 cm³/mol. The van der Waals surface area contributed by atoms with Crippen LogP contribution < -0.4 is 10.4 Å². The van der Waals surface area contributed by atoms with E-state index < -0.39 is 5.91 Å². The molecule has 1 aromatic rings. The molecular weight excluding hydrogens is 270 g/mol. The molecule has 0 aliphatic carbocycles. The fraction of sp³-hybridized carbons (Fsp3) is 0.467. The van der Waals surface area contributed by atoms with E-state index in [1.807, 2.05) is 23.1 Å². The highest BCUT2D eigenvalue weighted by atomic mass is 16.5. The Labute approximate surface area is 124 Å². The van der Waals surface area contributed by atoms with Crippen molar-refractivity contribution < 1.29 is 14.8 Å². The van der Waals surface area contributed by atoms with Crippen LogP contribution in [0, 0.1) is 0 Å². The second-order valence-corrected chi connectivity index (χ2v) is 5.09. The van der Waals surface area contributed by atoms with Gasteiger partial charge in [-0.3, -0.25) is 14.8 Å². The van der Waals surface area contributed by atoms with Crippen LogP contribution in [-0.2, 0) is 9.59 Å². The van der Waals surface area contributed by atoms with Crippen molar-refractivity contribution in [2.24, 2.45) is 0 Å². The Balaban J connectivity index is 1.73. The SMILES string of the molecule is O=C(CCCC(=O)N1CCN(c2ccccc2)CC1)NO. The number of hydroxylamine groups is 1. The van der Waals surface area contributed by atoms with Gasteiger partial charge in [0.2, 0.25) is 11.8 Å². The minimum Gasteiger partial charge on any atom is -0.368 e. The summed E-state index contributed by atoms with van der Waals surface area (Å²) >= 11 is 0. The summed E-state index contributed by atoms with van der Waals surface area (Å²) in [4.78, 5) is 27.0. The Morgan fingerprint density at radius 3 is 2.33 bits per heavy atom. The summed E-state index contributed by atoms with van der Waals surface area (Å²) in [6, 6.07) is 10.2. The largest absolute Gasteiger partial charge is 0.368 e. The van der Waals surface area contributed by atoms with Gasteiger partial charge in [-0.25, -0.2) is 5.48 Å². The lowest BCUT2D eigenvalue weighted by molar-refractivity contribution is -0.132. The molecule has 1 aromatic carbocycles. The lowest BCUT2D eigenvalue weighted by atomic mass is 10.2. The van der Waals surface area contributed by atoms with Crippen molar-refractivity contribution in [2.45, 2.75) is 19.3 Å². The molecule has 1 heterocycles. The molecule has 0 bridgehead atoms. The minimum absolute atomic E-state index is 0.0773. The maximum absolute atomic E-state index is 12.0. The molecular formula is C15H21N3O3. The highest BCUT2D eigenvalue weighted by molar-refractivity contribution is 5.78. The number of rotatable bonds is 5. The molecule has 114 valence electrons. The van der Waals surface area contributed by atoms with Crippen molar-refractivity contribution in [1.82, 2.24) is 10.4 Å². The third kappa shape index (κ3) is 4.46. The molecule has 21 heavy (non-hydrogen) atoms. The molecule has 1 saturated heterocycles. The van der Waals surface area contributed by atoms with Crippen LogP contribution in [0.1, 0.15) is 19.3 Å². The van der Waals surface area contributed by atoms with Crippen LogP contribution in [0.2, 0.25) is 0 Å². The molecule has 1 fully saturated rings. The number of benzene rings is 1. The van der Waals surface area contributed by atoms with Gasteiger partial charge in [-0.2, -0.15) is 0 Å². The van der Waals surface area contributed by atoms with Crippen LogP contribution in [-0.4, -0.2) is 48.1 Å². The zero-order valence-electron chi connectivity index (χ0n) is 12.0. The van der Waals surface area contributed by atoms with Crippen molar-refractivity contribution in [1.29, 1.82) is 0 Å². The van der Waals surface area contributed by atoms with Gasteiger partial charge in [-0.15, -0.1) is 0 Å². The first-order chi connectivity index (χ1) is 10.2. The molecule has 0 aromatic heterocycles. The van der Waals surface area contributed by atoms with E-state index in [1.54, 1.807) is 5.48 Å². The normalized spacial score (nSPS) is 14.9. The summed E-state index contributed by atoms with van der Waals surface area (Å²) in [5, 5.41) is 8.39. The van der Waals surface area contributed by atoms with Crippen molar-refractivity contribution in [3.63, 3.8) is 0 Å². The first kappa shape index (κ1) is 15.3. The van der Waals surface area contributed by atoms with Gasteiger partial charge in [-0.05, 0) is 18.6 Å². The lowest BCUT2D eigenvalue weighted by Gasteiger charge is -2.36. The fourth-order valence-electron chi connectivity index (χ4n) is 2.47. The fourth-order valence-corrected chi connectivity index (χ4v) is 2.47. The molecule has 1 aliphatic rings. The van der Waals surface area contributed by atoms with E-state index in [1.165, 1.54) is 5.69 Å². The highest BCUT2D eigenvalue weighted by Crippen LogP contribution is 2.16. The Hall–Kier alpha value is -2.08. The van der Waals surface area contributed by atoms with Gasteiger partial charge in [0, 0.05) is 44.7 Å². The molecule has 0 saturated carbocycles. The molecule has 2 rings (SSSR count). The third-order valence-corrected chi connectivity index (χ3v) is 3.67. The first-order valence-corrected chi connectivity index (χ1v) is 7.21. The van der Waals surface area contributed by atoms with E-state index in [0.29, 0.717) is 25.9 Å². The number of amides is 2. The average Bonchev–Trinajstić information content (AvgIpc) is 2.55. The van der Waals surface area contributed by atoms with Gasteiger partial charge in [0.15, 0.2) is 0 Å². The van der Waals surface area contributed by atoms with Crippen LogP contribution in [0.4, 0.5) is 5.69 Å². The number of hydrogen-bond donors (Lipinski definition) is 2. The number of hydrogen-bond acceptors (Lipinski definition) is 4. The van der Waals surface area contributed by atoms with Crippen molar-refractivity contribution in [3.8, 4) is 0 Å². The molecule has 0 unspecified atom stereocenters. The Bertz CT molecular complexity index is 470. The molecule has 0 spiro atoms.